The maximum atomic E-state index is 10.8. The lowest BCUT2D eigenvalue weighted by Crippen LogP contribution is -2.59. The number of nitrogens with one attached hydrogen (secondary N) is 1. The molecule has 2 aliphatic heterocycles. The third-order valence-corrected chi connectivity index (χ3v) is 7.43. The van der Waals surface area contributed by atoms with Crippen molar-refractivity contribution in [1.29, 1.82) is 0 Å². The molecule has 3 nitrogen and oxygen atoms in total. The van der Waals surface area contributed by atoms with Gasteiger partial charge in [-0.1, -0.05) is 12.8 Å². The van der Waals surface area contributed by atoms with Crippen molar-refractivity contribution in [2.24, 2.45) is 5.92 Å². The van der Waals surface area contributed by atoms with Crippen molar-refractivity contribution in [3.05, 3.63) is 23.3 Å². The van der Waals surface area contributed by atoms with E-state index < -0.39 is 0 Å². The summed E-state index contributed by atoms with van der Waals surface area (Å²) in [6.45, 7) is 3.35. The Kier molecular flexibility index (Phi) is 3.55. The summed E-state index contributed by atoms with van der Waals surface area (Å²) in [5, 5.41) is 14.7. The molecule has 0 amide bonds. The van der Waals surface area contributed by atoms with E-state index in [0.29, 0.717) is 17.2 Å². The highest BCUT2D eigenvalue weighted by Gasteiger charge is 2.51. The molecule has 1 aromatic carbocycles. The Balaban J connectivity index is 1.59. The predicted molar refractivity (Wildman–Crippen MR) is 97.9 cm³/mol. The number of nitrogens with zero attached hydrogens (tertiary/aromatic N) is 1. The molecule has 0 unspecified atom stereocenters. The van der Waals surface area contributed by atoms with Crippen molar-refractivity contribution in [3.8, 4) is 5.75 Å². The number of hydrogen-bond acceptors (Lipinski definition) is 3. The number of phenols is 1. The van der Waals surface area contributed by atoms with Gasteiger partial charge in [0.2, 0.25) is 0 Å². The van der Waals surface area contributed by atoms with Gasteiger partial charge in [-0.3, -0.25) is 0 Å². The third-order valence-electron chi connectivity index (χ3n) is 7.43. The number of rotatable bonds is 1. The van der Waals surface area contributed by atoms with Crippen LogP contribution in [-0.4, -0.2) is 30.8 Å². The van der Waals surface area contributed by atoms with Crippen LogP contribution in [0.3, 0.4) is 0 Å². The van der Waals surface area contributed by atoms with Crippen molar-refractivity contribution < 1.29 is 5.11 Å². The molecule has 3 fully saturated rings. The molecule has 0 spiro atoms. The second kappa shape index (κ2) is 5.66. The quantitative estimate of drug-likeness (QED) is 0.825. The largest absolute Gasteiger partial charge is 0.506 e. The van der Waals surface area contributed by atoms with E-state index in [1.165, 1.54) is 62.5 Å². The highest BCUT2D eigenvalue weighted by molar-refractivity contribution is 5.63. The molecule has 2 N–H and O–H groups in total. The molecule has 2 saturated heterocycles. The topological polar surface area (TPSA) is 35.5 Å². The van der Waals surface area contributed by atoms with Crippen LogP contribution in [0.15, 0.2) is 12.1 Å². The standard InChI is InChI=1S/C21H30N2O/c24-20-14-17-15(13-19(20)23-10-4-1-5-11-23)12-18-16-6-2-3-7-21(16,17)8-9-22-18/h13-14,16,18,22,24H,1-12H2/t16-,18+,21+/m0/s1. The Hall–Kier alpha value is -1.22. The Morgan fingerprint density at radius 1 is 1.04 bits per heavy atom. The lowest BCUT2D eigenvalue weighted by atomic mass is 9.53. The lowest BCUT2D eigenvalue weighted by Gasteiger charge is -2.56. The van der Waals surface area contributed by atoms with E-state index in [4.69, 9.17) is 0 Å². The van der Waals surface area contributed by atoms with Crippen molar-refractivity contribution in [2.75, 3.05) is 24.5 Å². The molecular formula is C21H30N2O. The minimum Gasteiger partial charge on any atom is -0.506 e. The minimum atomic E-state index is 0.347. The summed E-state index contributed by atoms with van der Waals surface area (Å²) in [5.41, 5.74) is 4.46. The molecule has 4 aliphatic rings. The van der Waals surface area contributed by atoms with Gasteiger partial charge in [-0.15, -0.1) is 0 Å². The molecule has 5 rings (SSSR count). The normalized spacial score (nSPS) is 35.2. The minimum absolute atomic E-state index is 0.347. The molecule has 3 atom stereocenters. The van der Waals surface area contributed by atoms with Gasteiger partial charge < -0.3 is 15.3 Å². The summed E-state index contributed by atoms with van der Waals surface area (Å²) in [6.07, 6.45) is 11.7. The molecule has 2 bridgehead atoms. The van der Waals surface area contributed by atoms with Crippen LogP contribution in [0.1, 0.15) is 62.5 Å². The van der Waals surface area contributed by atoms with Gasteiger partial charge in [0.15, 0.2) is 0 Å². The smallest absolute Gasteiger partial charge is 0.139 e. The lowest BCUT2D eigenvalue weighted by molar-refractivity contribution is 0.0795. The monoisotopic (exact) mass is 326 g/mol. The van der Waals surface area contributed by atoms with Gasteiger partial charge in [-0.25, -0.2) is 0 Å². The fraction of sp³-hybridized carbons (Fsp3) is 0.714. The number of piperidine rings is 2. The molecule has 1 saturated carbocycles. The number of hydrogen-bond donors (Lipinski definition) is 2. The van der Waals surface area contributed by atoms with E-state index in [-0.39, 0.29) is 0 Å². The highest BCUT2D eigenvalue weighted by atomic mass is 16.3. The average Bonchev–Trinajstić information content (AvgIpc) is 2.63. The Labute approximate surface area is 145 Å². The summed E-state index contributed by atoms with van der Waals surface area (Å²) < 4.78 is 0. The highest BCUT2D eigenvalue weighted by Crippen LogP contribution is 2.55. The summed E-state index contributed by atoms with van der Waals surface area (Å²) in [6, 6.07) is 5.19. The molecule has 0 aromatic heterocycles. The number of anilines is 1. The van der Waals surface area contributed by atoms with Gasteiger partial charge in [0, 0.05) is 24.5 Å². The number of phenolic OH excluding ortho intramolecular Hbond substituents is 1. The fourth-order valence-corrected chi connectivity index (χ4v) is 6.35. The zero-order valence-corrected chi connectivity index (χ0v) is 14.7. The first-order valence-electron chi connectivity index (χ1n) is 10.1. The van der Waals surface area contributed by atoms with Crippen LogP contribution in [0.5, 0.6) is 5.75 Å². The Bertz CT molecular complexity index is 633. The summed E-state index contributed by atoms with van der Waals surface area (Å²) in [5.74, 6) is 1.32. The number of benzene rings is 1. The predicted octanol–water partition coefficient (Wildman–Crippen LogP) is 3.73. The van der Waals surface area contributed by atoms with E-state index in [2.05, 4.69) is 22.3 Å². The van der Waals surface area contributed by atoms with Gasteiger partial charge in [0.25, 0.3) is 0 Å². The Morgan fingerprint density at radius 3 is 2.79 bits per heavy atom. The van der Waals surface area contributed by atoms with E-state index in [1.54, 1.807) is 0 Å². The molecule has 3 heteroatoms. The van der Waals surface area contributed by atoms with Gasteiger partial charge in [-0.05, 0) is 80.7 Å². The van der Waals surface area contributed by atoms with Crippen LogP contribution < -0.4 is 10.2 Å². The fourth-order valence-electron chi connectivity index (χ4n) is 6.35. The van der Waals surface area contributed by atoms with Crippen LogP contribution in [0, 0.1) is 5.92 Å². The van der Waals surface area contributed by atoms with Crippen LogP contribution in [-0.2, 0) is 11.8 Å². The van der Waals surface area contributed by atoms with Gasteiger partial charge >= 0.3 is 0 Å². The molecule has 1 aromatic rings. The number of fused-ring (bicyclic) bond motifs is 1. The zero-order valence-electron chi connectivity index (χ0n) is 14.7. The van der Waals surface area contributed by atoms with Crippen molar-refractivity contribution in [3.63, 3.8) is 0 Å². The Morgan fingerprint density at radius 2 is 1.92 bits per heavy atom. The second-order valence-electron chi connectivity index (χ2n) is 8.57. The summed E-state index contributed by atoms with van der Waals surface area (Å²) in [7, 11) is 0. The molecule has 2 aliphatic carbocycles. The van der Waals surface area contributed by atoms with Crippen molar-refractivity contribution >= 4 is 5.69 Å². The van der Waals surface area contributed by atoms with E-state index >= 15 is 0 Å². The molecule has 130 valence electrons. The number of aromatic hydroxyl groups is 1. The van der Waals surface area contributed by atoms with E-state index in [0.717, 1.165) is 37.7 Å². The average molecular weight is 326 g/mol. The molecule has 24 heavy (non-hydrogen) atoms. The maximum Gasteiger partial charge on any atom is 0.139 e. The van der Waals surface area contributed by atoms with Crippen LogP contribution in [0.25, 0.3) is 0 Å². The SMILES string of the molecule is Oc1cc2c(cc1N1CCCCC1)C[C@H]1NCC[C@@]23CCCC[C@@H]13. The first-order chi connectivity index (χ1) is 11.8. The van der Waals surface area contributed by atoms with Crippen molar-refractivity contribution in [1.82, 2.24) is 5.32 Å². The van der Waals surface area contributed by atoms with Gasteiger partial charge in [-0.2, -0.15) is 0 Å². The van der Waals surface area contributed by atoms with Gasteiger partial charge in [0.1, 0.15) is 5.75 Å². The third kappa shape index (κ3) is 2.13. The second-order valence-corrected chi connectivity index (χ2v) is 8.57. The summed E-state index contributed by atoms with van der Waals surface area (Å²) >= 11 is 0. The maximum absolute atomic E-state index is 10.8. The molecular weight excluding hydrogens is 296 g/mol. The molecule has 2 heterocycles. The van der Waals surface area contributed by atoms with Crippen LogP contribution in [0.4, 0.5) is 5.69 Å². The van der Waals surface area contributed by atoms with Gasteiger partial charge in [0.05, 0.1) is 5.69 Å². The zero-order chi connectivity index (χ0) is 16.1. The molecule has 0 radical (unpaired) electrons. The van der Waals surface area contributed by atoms with E-state index in [1.807, 2.05) is 0 Å². The van der Waals surface area contributed by atoms with Crippen LogP contribution >= 0.6 is 0 Å². The van der Waals surface area contributed by atoms with E-state index in [9.17, 15) is 5.11 Å². The summed E-state index contributed by atoms with van der Waals surface area (Å²) in [4.78, 5) is 2.41. The van der Waals surface area contributed by atoms with Crippen LogP contribution in [0.2, 0.25) is 0 Å². The first kappa shape index (κ1) is 15.1. The first-order valence-corrected chi connectivity index (χ1v) is 10.1. The van der Waals surface area contributed by atoms with Crippen molar-refractivity contribution in [2.45, 2.75) is 69.2 Å².